The van der Waals surface area contributed by atoms with E-state index >= 15 is 0 Å². The van der Waals surface area contributed by atoms with Gasteiger partial charge in [0.2, 0.25) is 0 Å². The van der Waals surface area contributed by atoms with Crippen LogP contribution in [0.25, 0.3) is 0 Å². The summed E-state index contributed by atoms with van der Waals surface area (Å²) in [7, 11) is 1.77. The lowest BCUT2D eigenvalue weighted by molar-refractivity contribution is -0.140. The summed E-state index contributed by atoms with van der Waals surface area (Å²) in [4.78, 5) is 0. The predicted molar refractivity (Wildman–Crippen MR) is 64.1 cm³/mol. The third kappa shape index (κ3) is 3.39. The third-order valence-corrected chi connectivity index (χ3v) is 3.15. The molecule has 106 valence electrons. The van der Waals surface area contributed by atoms with Gasteiger partial charge in [0.15, 0.2) is 0 Å². The summed E-state index contributed by atoms with van der Waals surface area (Å²) in [5, 5.41) is 3.05. The number of rotatable bonds is 3. The Morgan fingerprint density at radius 3 is 2.74 bits per heavy atom. The number of alkyl halides is 3. The van der Waals surface area contributed by atoms with Gasteiger partial charge in [-0.3, -0.25) is 0 Å². The lowest BCUT2D eigenvalue weighted by Gasteiger charge is -2.32. The number of likely N-dealkylation sites (N-methyl/N-ethyl adjacent to an activating group) is 1. The van der Waals surface area contributed by atoms with Crippen LogP contribution in [0, 0.1) is 0 Å². The van der Waals surface area contributed by atoms with Gasteiger partial charge in [0.1, 0.15) is 11.9 Å². The second kappa shape index (κ2) is 5.79. The molecule has 6 heteroatoms. The van der Waals surface area contributed by atoms with Crippen LogP contribution in [0.15, 0.2) is 24.3 Å². The van der Waals surface area contributed by atoms with Crippen LogP contribution >= 0.6 is 0 Å². The number of halogens is 3. The SMILES string of the molecule is CNC1CCOCC1Oc1ccccc1C(F)(F)F. The van der Waals surface area contributed by atoms with Gasteiger partial charge in [0, 0.05) is 12.6 Å². The molecular formula is C13H16F3NO2. The van der Waals surface area contributed by atoms with Crippen molar-refractivity contribution in [2.24, 2.45) is 0 Å². The van der Waals surface area contributed by atoms with Gasteiger partial charge in [0.25, 0.3) is 0 Å². The molecule has 2 rings (SSSR count). The minimum atomic E-state index is -4.42. The van der Waals surface area contributed by atoms with E-state index in [4.69, 9.17) is 9.47 Å². The zero-order chi connectivity index (χ0) is 13.9. The molecule has 0 amide bonds. The highest BCUT2D eigenvalue weighted by molar-refractivity contribution is 5.35. The average molecular weight is 275 g/mol. The minimum absolute atomic E-state index is 0.00459. The Hall–Kier alpha value is -1.27. The Balaban J connectivity index is 2.18. The van der Waals surface area contributed by atoms with Gasteiger partial charge in [-0.15, -0.1) is 0 Å². The monoisotopic (exact) mass is 275 g/mol. The van der Waals surface area contributed by atoms with Crippen molar-refractivity contribution < 1.29 is 22.6 Å². The molecule has 1 aliphatic rings. The molecular weight excluding hydrogens is 259 g/mol. The van der Waals surface area contributed by atoms with Gasteiger partial charge in [-0.1, -0.05) is 12.1 Å². The van der Waals surface area contributed by atoms with Gasteiger partial charge in [-0.05, 0) is 25.6 Å². The Labute approximate surface area is 109 Å². The fraction of sp³-hybridized carbons (Fsp3) is 0.538. The Bertz CT molecular complexity index is 423. The highest BCUT2D eigenvalue weighted by Crippen LogP contribution is 2.36. The van der Waals surface area contributed by atoms with Crippen molar-refractivity contribution in [1.82, 2.24) is 5.32 Å². The van der Waals surface area contributed by atoms with Gasteiger partial charge < -0.3 is 14.8 Å². The molecule has 0 bridgehead atoms. The summed E-state index contributed by atoms with van der Waals surface area (Å²) in [6.07, 6.45) is -4.11. The molecule has 2 atom stereocenters. The van der Waals surface area contributed by atoms with E-state index in [1.165, 1.54) is 18.2 Å². The first-order valence-corrected chi connectivity index (χ1v) is 6.10. The first-order chi connectivity index (χ1) is 9.02. The van der Waals surface area contributed by atoms with Crippen molar-refractivity contribution in [2.45, 2.75) is 24.7 Å². The van der Waals surface area contributed by atoms with Crippen molar-refractivity contribution in [1.29, 1.82) is 0 Å². The molecule has 1 fully saturated rings. The van der Waals surface area contributed by atoms with Crippen molar-refractivity contribution in [3.05, 3.63) is 29.8 Å². The average Bonchev–Trinajstić information content (AvgIpc) is 2.39. The summed E-state index contributed by atoms with van der Waals surface area (Å²) in [6, 6.07) is 5.23. The maximum atomic E-state index is 12.9. The van der Waals surface area contributed by atoms with E-state index < -0.39 is 17.8 Å². The lowest BCUT2D eigenvalue weighted by atomic mass is 10.1. The number of para-hydroxylation sites is 1. The third-order valence-electron chi connectivity index (χ3n) is 3.15. The molecule has 1 aromatic carbocycles. The summed E-state index contributed by atoms with van der Waals surface area (Å²) < 4.78 is 49.3. The van der Waals surface area contributed by atoms with E-state index in [1.54, 1.807) is 7.05 Å². The Morgan fingerprint density at radius 2 is 2.05 bits per heavy atom. The van der Waals surface area contributed by atoms with E-state index in [1.807, 2.05) is 0 Å². The molecule has 3 nitrogen and oxygen atoms in total. The maximum Gasteiger partial charge on any atom is 0.419 e. The zero-order valence-corrected chi connectivity index (χ0v) is 10.5. The molecule has 0 saturated carbocycles. The molecule has 1 N–H and O–H groups in total. The fourth-order valence-electron chi connectivity index (χ4n) is 2.12. The van der Waals surface area contributed by atoms with Crippen LogP contribution in [0.1, 0.15) is 12.0 Å². The molecule has 0 spiro atoms. The van der Waals surface area contributed by atoms with Crippen LogP contribution in [-0.2, 0) is 10.9 Å². The first kappa shape index (κ1) is 14.1. The van der Waals surface area contributed by atoms with Crippen molar-refractivity contribution in [2.75, 3.05) is 20.3 Å². The summed E-state index contributed by atoms with van der Waals surface area (Å²) in [6.45, 7) is 0.879. The van der Waals surface area contributed by atoms with E-state index in [0.29, 0.717) is 6.61 Å². The zero-order valence-electron chi connectivity index (χ0n) is 10.5. The minimum Gasteiger partial charge on any atom is -0.486 e. The van der Waals surface area contributed by atoms with Gasteiger partial charge in [0.05, 0.1) is 12.2 Å². The molecule has 0 aromatic heterocycles. The first-order valence-electron chi connectivity index (χ1n) is 6.10. The van der Waals surface area contributed by atoms with E-state index in [-0.39, 0.29) is 18.4 Å². The molecule has 0 radical (unpaired) electrons. The molecule has 2 unspecified atom stereocenters. The van der Waals surface area contributed by atoms with Gasteiger partial charge in [-0.25, -0.2) is 0 Å². The van der Waals surface area contributed by atoms with Crippen molar-refractivity contribution in [3.63, 3.8) is 0 Å². The highest BCUT2D eigenvalue weighted by Gasteiger charge is 2.35. The van der Waals surface area contributed by atoms with Crippen LogP contribution in [0.4, 0.5) is 13.2 Å². The van der Waals surface area contributed by atoms with Crippen LogP contribution < -0.4 is 10.1 Å². The Morgan fingerprint density at radius 1 is 1.32 bits per heavy atom. The van der Waals surface area contributed by atoms with Gasteiger partial charge in [-0.2, -0.15) is 13.2 Å². The molecule has 19 heavy (non-hydrogen) atoms. The van der Waals surface area contributed by atoms with Crippen LogP contribution in [0.2, 0.25) is 0 Å². The number of ether oxygens (including phenoxy) is 2. The van der Waals surface area contributed by atoms with E-state index in [2.05, 4.69) is 5.32 Å². The summed E-state index contributed by atoms with van der Waals surface area (Å²) >= 11 is 0. The second-order valence-corrected chi connectivity index (χ2v) is 4.41. The standard InChI is InChI=1S/C13H16F3NO2/c1-17-10-6-7-18-8-12(10)19-11-5-3-2-4-9(11)13(14,15)16/h2-5,10,12,17H,6-8H2,1H3. The number of nitrogens with one attached hydrogen (secondary N) is 1. The summed E-state index contributed by atoms with van der Waals surface area (Å²) in [5.41, 5.74) is -0.754. The number of hydrogen-bond donors (Lipinski definition) is 1. The number of benzene rings is 1. The quantitative estimate of drug-likeness (QED) is 0.919. The van der Waals surface area contributed by atoms with Crippen molar-refractivity contribution in [3.8, 4) is 5.75 Å². The lowest BCUT2D eigenvalue weighted by Crippen LogP contribution is -2.48. The van der Waals surface area contributed by atoms with Crippen molar-refractivity contribution >= 4 is 0 Å². The van der Waals surface area contributed by atoms with Gasteiger partial charge >= 0.3 is 6.18 Å². The smallest absolute Gasteiger partial charge is 0.419 e. The topological polar surface area (TPSA) is 30.5 Å². The maximum absolute atomic E-state index is 12.9. The second-order valence-electron chi connectivity index (χ2n) is 4.41. The van der Waals surface area contributed by atoms with Crippen LogP contribution in [0.5, 0.6) is 5.75 Å². The molecule has 1 aliphatic heterocycles. The number of hydrogen-bond acceptors (Lipinski definition) is 3. The normalized spacial score (nSPS) is 24.2. The van der Waals surface area contributed by atoms with E-state index in [0.717, 1.165) is 12.5 Å². The molecule has 1 saturated heterocycles. The van der Waals surface area contributed by atoms with E-state index in [9.17, 15) is 13.2 Å². The van der Waals surface area contributed by atoms with Crippen LogP contribution in [-0.4, -0.2) is 32.4 Å². The molecule has 1 aromatic rings. The summed E-state index contributed by atoms with van der Waals surface area (Å²) in [5.74, 6) is -0.147. The highest BCUT2D eigenvalue weighted by atomic mass is 19.4. The molecule has 0 aliphatic carbocycles. The van der Waals surface area contributed by atoms with Crippen LogP contribution in [0.3, 0.4) is 0 Å². The Kier molecular flexibility index (Phi) is 4.31. The predicted octanol–water partition coefficient (Wildman–Crippen LogP) is 2.46. The fourth-order valence-corrected chi connectivity index (χ4v) is 2.12. The molecule has 1 heterocycles. The largest absolute Gasteiger partial charge is 0.486 e.